The van der Waals surface area contributed by atoms with Crippen LogP contribution in [0.5, 0.6) is 0 Å². The van der Waals surface area contributed by atoms with E-state index in [2.05, 4.69) is 21.0 Å². The molecule has 0 aliphatic carbocycles. The van der Waals surface area contributed by atoms with Gasteiger partial charge in [-0.1, -0.05) is 25.5 Å². The van der Waals surface area contributed by atoms with Gasteiger partial charge in [0.2, 0.25) is 5.91 Å². The molecule has 25 heavy (non-hydrogen) atoms. The fourth-order valence-corrected chi connectivity index (χ4v) is 2.25. The van der Waals surface area contributed by atoms with Gasteiger partial charge in [0.25, 0.3) is 0 Å². The van der Waals surface area contributed by atoms with Gasteiger partial charge < -0.3 is 16.0 Å². The SMILES string of the molecule is CCC[C@@H](NC(=O)NCc1ccc(F)cc1)C(=O)Nc1ccn(C)n1. The van der Waals surface area contributed by atoms with E-state index < -0.39 is 12.1 Å². The number of halogens is 1. The Morgan fingerprint density at radius 1 is 1.24 bits per heavy atom. The molecule has 0 bridgehead atoms. The van der Waals surface area contributed by atoms with Gasteiger partial charge in [0, 0.05) is 25.9 Å². The van der Waals surface area contributed by atoms with E-state index in [9.17, 15) is 14.0 Å². The van der Waals surface area contributed by atoms with Crippen molar-refractivity contribution in [2.24, 2.45) is 7.05 Å². The van der Waals surface area contributed by atoms with E-state index in [-0.39, 0.29) is 18.3 Å². The Morgan fingerprint density at radius 2 is 1.96 bits per heavy atom. The van der Waals surface area contributed by atoms with E-state index in [0.29, 0.717) is 12.2 Å². The molecule has 2 rings (SSSR count). The topological polar surface area (TPSA) is 88.0 Å². The molecule has 0 aliphatic rings. The summed E-state index contributed by atoms with van der Waals surface area (Å²) >= 11 is 0. The fourth-order valence-electron chi connectivity index (χ4n) is 2.25. The van der Waals surface area contributed by atoms with Crippen molar-refractivity contribution in [3.8, 4) is 0 Å². The Morgan fingerprint density at radius 3 is 2.56 bits per heavy atom. The van der Waals surface area contributed by atoms with Crippen LogP contribution in [-0.4, -0.2) is 27.8 Å². The number of aromatic nitrogens is 2. The molecule has 0 unspecified atom stereocenters. The molecule has 0 spiro atoms. The van der Waals surface area contributed by atoms with Gasteiger partial charge in [-0.3, -0.25) is 9.48 Å². The minimum atomic E-state index is -0.666. The zero-order valence-electron chi connectivity index (χ0n) is 14.3. The number of carbonyl (C=O) groups is 2. The maximum Gasteiger partial charge on any atom is 0.315 e. The third kappa shape index (κ3) is 5.91. The number of anilines is 1. The van der Waals surface area contributed by atoms with Gasteiger partial charge >= 0.3 is 6.03 Å². The number of urea groups is 1. The summed E-state index contributed by atoms with van der Waals surface area (Å²) in [6.07, 6.45) is 2.95. The lowest BCUT2D eigenvalue weighted by molar-refractivity contribution is -0.118. The van der Waals surface area contributed by atoms with E-state index in [0.717, 1.165) is 12.0 Å². The van der Waals surface area contributed by atoms with E-state index >= 15 is 0 Å². The summed E-state index contributed by atoms with van der Waals surface area (Å²) in [5, 5.41) is 12.1. The van der Waals surface area contributed by atoms with Crippen molar-refractivity contribution in [3.05, 3.63) is 47.9 Å². The van der Waals surface area contributed by atoms with Crippen molar-refractivity contribution < 1.29 is 14.0 Å². The Bertz CT molecular complexity index is 714. The van der Waals surface area contributed by atoms with Crippen LogP contribution in [0, 0.1) is 5.82 Å². The molecular formula is C17H22FN5O2. The molecule has 7 nitrogen and oxygen atoms in total. The van der Waals surface area contributed by atoms with Crippen LogP contribution in [0.3, 0.4) is 0 Å². The quantitative estimate of drug-likeness (QED) is 0.717. The Hall–Kier alpha value is -2.90. The minimum Gasteiger partial charge on any atom is -0.334 e. The summed E-state index contributed by atoms with van der Waals surface area (Å²) in [5.74, 6) is -0.220. The van der Waals surface area contributed by atoms with E-state index in [4.69, 9.17) is 0 Å². The molecule has 0 aliphatic heterocycles. The zero-order chi connectivity index (χ0) is 18.2. The smallest absolute Gasteiger partial charge is 0.315 e. The van der Waals surface area contributed by atoms with Crippen LogP contribution < -0.4 is 16.0 Å². The molecule has 0 saturated carbocycles. The molecule has 2 aromatic rings. The number of amides is 3. The van der Waals surface area contributed by atoms with Gasteiger partial charge in [-0.2, -0.15) is 5.10 Å². The van der Waals surface area contributed by atoms with E-state index in [1.54, 1.807) is 36.1 Å². The molecule has 0 radical (unpaired) electrons. The normalized spacial score (nSPS) is 11.6. The number of carbonyl (C=O) groups excluding carboxylic acids is 2. The number of aryl methyl sites for hydroxylation is 1. The highest BCUT2D eigenvalue weighted by Gasteiger charge is 2.20. The summed E-state index contributed by atoms with van der Waals surface area (Å²) in [5.41, 5.74) is 0.765. The molecule has 8 heteroatoms. The molecular weight excluding hydrogens is 325 g/mol. The summed E-state index contributed by atoms with van der Waals surface area (Å²) in [6, 6.07) is 6.39. The third-order valence-electron chi connectivity index (χ3n) is 3.53. The second-order valence-electron chi connectivity index (χ2n) is 5.66. The maximum absolute atomic E-state index is 12.9. The number of rotatable bonds is 7. The Kier molecular flexibility index (Phi) is 6.50. The highest BCUT2D eigenvalue weighted by Crippen LogP contribution is 2.05. The zero-order valence-corrected chi connectivity index (χ0v) is 14.3. The molecule has 0 saturated heterocycles. The highest BCUT2D eigenvalue weighted by molar-refractivity contribution is 5.96. The first kappa shape index (κ1) is 18.4. The number of hydrogen-bond acceptors (Lipinski definition) is 3. The van der Waals surface area contributed by atoms with Crippen LogP contribution in [-0.2, 0) is 18.4 Å². The number of benzene rings is 1. The lowest BCUT2D eigenvalue weighted by Crippen LogP contribution is -2.47. The standard InChI is InChI=1S/C17H22FN5O2/c1-3-4-14(16(24)21-15-9-10-23(2)22-15)20-17(25)19-11-12-5-7-13(18)8-6-12/h5-10,14H,3-4,11H2,1-2H3,(H2,19,20,25)(H,21,22,24)/t14-/m1/s1. The van der Waals surface area contributed by atoms with Crippen LogP contribution in [0.15, 0.2) is 36.5 Å². The molecule has 3 N–H and O–H groups in total. The van der Waals surface area contributed by atoms with E-state index in [1.807, 2.05) is 6.92 Å². The van der Waals surface area contributed by atoms with E-state index in [1.165, 1.54) is 12.1 Å². The first-order valence-electron chi connectivity index (χ1n) is 8.07. The molecule has 3 amide bonds. The number of nitrogens with zero attached hydrogens (tertiary/aromatic N) is 2. The molecule has 1 aromatic heterocycles. The lowest BCUT2D eigenvalue weighted by Gasteiger charge is -2.17. The predicted octanol–water partition coefficient (Wildman–Crippen LogP) is 2.17. The van der Waals surface area contributed by atoms with Crippen LogP contribution in [0.1, 0.15) is 25.3 Å². The average molecular weight is 347 g/mol. The van der Waals surface area contributed by atoms with Crippen LogP contribution >= 0.6 is 0 Å². The molecule has 1 heterocycles. The van der Waals surface area contributed by atoms with Gasteiger partial charge in [-0.05, 0) is 24.1 Å². The summed E-state index contributed by atoms with van der Waals surface area (Å²) < 4.78 is 14.4. The van der Waals surface area contributed by atoms with Gasteiger partial charge in [0.15, 0.2) is 5.82 Å². The largest absolute Gasteiger partial charge is 0.334 e. The monoisotopic (exact) mass is 347 g/mol. The maximum atomic E-state index is 12.9. The third-order valence-corrected chi connectivity index (χ3v) is 3.53. The van der Waals surface area contributed by atoms with Crippen LogP contribution in [0.25, 0.3) is 0 Å². The van der Waals surface area contributed by atoms with Crippen LogP contribution in [0.4, 0.5) is 15.0 Å². The average Bonchev–Trinajstić information content (AvgIpc) is 2.99. The molecule has 134 valence electrons. The second kappa shape index (κ2) is 8.81. The summed E-state index contributed by atoms with van der Waals surface area (Å²) in [7, 11) is 1.75. The Labute approximate surface area is 145 Å². The molecule has 0 fully saturated rings. The van der Waals surface area contributed by atoms with Gasteiger partial charge in [-0.15, -0.1) is 0 Å². The second-order valence-corrected chi connectivity index (χ2v) is 5.66. The molecule has 1 atom stereocenters. The van der Waals surface area contributed by atoms with Crippen molar-refractivity contribution in [2.75, 3.05) is 5.32 Å². The van der Waals surface area contributed by atoms with Crippen molar-refractivity contribution in [1.82, 2.24) is 20.4 Å². The van der Waals surface area contributed by atoms with Gasteiger partial charge in [0.1, 0.15) is 11.9 Å². The molecule has 1 aromatic carbocycles. The highest BCUT2D eigenvalue weighted by atomic mass is 19.1. The predicted molar refractivity (Wildman–Crippen MR) is 92.3 cm³/mol. The lowest BCUT2D eigenvalue weighted by atomic mass is 10.1. The summed E-state index contributed by atoms with van der Waals surface area (Å²) in [6.45, 7) is 2.17. The van der Waals surface area contributed by atoms with Crippen molar-refractivity contribution >= 4 is 17.8 Å². The number of nitrogens with one attached hydrogen (secondary N) is 3. The van der Waals surface area contributed by atoms with Crippen molar-refractivity contribution in [2.45, 2.75) is 32.4 Å². The van der Waals surface area contributed by atoms with Gasteiger partial charge in [-0.25, -0.2) is 9.18 Å². The van der Waals surface area contributed by atoms with Crippen molar-refractivity contribution in [1.29, 1.82) is 0 Å². The van der Waals surface area contributed by atoms with Gasteiger partial charge in [0.05, 0.1) is 0 Å². The van der Waals surface area contributed by atoms with Crippen molar-refractivity contribution in [3.63, 3.8) is 0 Å². The van der Waals surface area contributed by atoms with Crippen LogP contribution in [0.2, 0.25) is 0 Å². The first-order chi connectivity index (χ1) is 12.0. The minimum absolute atomic E-state index is 0.243. The first-order valence-corrected chi connectivity index (χ1v) is 8.07. The number of hydrogen-bond donors (Lipinski definition) is 3. The fraction of sp³-hybridized carbons (Fsp3) is 0.353. The summed E-state index contributed by atoms with van der Waals surface area (Å²) in [4.78, 5) is 24.3. The Balaban J connectivity index is 1.87.